The fourth-order valence-electron chi connectivity index (χ4n) is 3.46. The fourth-order valence-corrected chi connectivity index (χ4v) is 4.29. The Labute approximate surface area is 142 Å². The van der Waals surface area contributed by atoms with Gasteiger partial charge in [0.1, 0.15) is 5.82 Å². The number of hydrogen-bond acceptors (Lipinski definition) is 4. The molecule has 2 atom stereocenters. The second-order valence-electron chi connectivity index (χ2n) is 6.73. The molecule has 1 aliphatic carbocycles. The maximum atomic E-state index is 12.6. The minimum Gasteiger partial charge on any atom is -0.337 e. The molecule has 6 heteroatoms. The van der Waals surface area contributed by atoms with Gasteiger partial charge < -0.3 is 9.47 Å². The molecule has 1 saturated heterocycles. The number of carbonyl (C=O) groups is 1. The van der Waals surface area contributed by atoms with Gasteiger partial charge >= 0.3 is 0 Å². The van der Waals surface area contributed by atoms with Gasteiger partial charge in [-0.25, -0.2) is 0 Å². The van der Waals surface area contributed by atoms with E-state index in [1.807, 2.05) is 6.08 Å². The van der Waals surface area contributed by atoms with Gasteiger partial charge in [-0.2, -0.15) is 0 Å². The van der Waals surface area contributed by atoms with Gasteiger partial charge in [0, 0.05) is 24.5 Å². The van der Waals surface area contributed by atoms with Gasteiger partial charge in [-0.15, -0.1) is 16.8 Å². The summed E-state index contributed by atoms with van der Waals surface area (Å²) in [5.41, 5.74) is 0. The third kappa shape index (κ3) is 3.62. The van der Waals surface area contributed by atoms with Crippen molar-refractivity contribution in [1.29, 1.82) is 0 Å². The van der Waals surface area contributed by atoms with Crippen LogP contribution in [0.1, 0.15) is 57.7 Å². The summed E-state index contributed by atoms with van der Waals surface area (Å²) in [6.07, 6.45) is 7.70. The van der Waals surface area contributed by atoms with Crippen LogP contribution in [0, 0.1) is 0 Å². The van der Waals surface area contributed by atoms with Crippen molar-refractivity contribution < 1.29 is 4.79 Å². The van der Waals surface area contributed by atoms with E-state index in [1.54, 1.807) is 0 Å². The minimum absolute atomic E-state index is 0.218. The molecule has 1 aliphatic heterocycles. The van der Waals surface area contributed by atoms with Gasteiger partial charge in [-0.05, 0) is 46.0 Å². The Balaban J connectivity index is 1.65. The Morgan fingerprint density at radius 3 is 2.57 bits per heavy atom. The highest BCUT2D eigenvalue weighted by Crippen LogP contribution is 2.40. The van der Waals surface area contributed by atoms with E-state index in [2.05, 4.69) is 40.1 Å². The van der Waals surface area contributed by atoms with Crippen molar-refractivity contribution in [3.8, 4) is 0 Å². The Hall–Kier alpha value is -1.30. The zero-order valence-corrected chi connectivity index (χ0v) is 14.9. The summed E-state index contributed by atoms with van der Waals surface area (Å²) in [6, 6.07) is 0.694. The highest BCUT2D eigenvalue weighted by molar-refractivity contribution is 7.99. The van der Waals surface area contributed by atoms with E-state index in [9.17, 15) is 4.79 Å². The molecule has 2 fully saturated rings. The fraction of sp³-hybridized carbons (Fsp3) is 0.706. The molecule has 1 amide bonds. The maximum absolute atomic E-state index is 12.6. The van der Waals surface area contributed by atoms with E-state index in [0.717, 1.165) is 23.8 Å². The van der Waals surface area contributed by atoms with Crippen molar-refractivity contribution in [3.05, 3.63) is 18.5 Å². The van der Waals surface area contributed by atoms with E-state index >= 15 is 0 Å². The van der Waals surface area contributed by atoms with Gasteiger partial charge in [-0.1, -0.05) is 17.8 Å². The Morgan fingerprint density at radius 1 is 1.26 bits per heavy atom. The Bertz CT molecular complexity index is 571. The first-order chi connectivity index (χ1) is 11.1. The molecule has 3 rings (SSSR count). The smallest absolute Gasteiger partial charge is 0.233 e. The van der Waals surface area contributed by atoms with Crippen molar-refractivity contribution in [3.63, 3.8) is 0 Å². The third-order valence-corrected chi connectivity index (χ3v) is 5.76. The summed E-state index contributed by atoms with van der Waals surface area (Å²) in [7, 11) is 0. The van der Waals surface area contributed by atoms with Crippen LogP contribution in [-0.4, -0.2) is 43.4 Å². The van der Waals surface area contributed by atoms with Crippen molar-refractivity contribution >= 4 is 17.7 Å². The Kier molecular flexibility index (Phi) is 5.09. The topological polar surface area (TPSA) is 51.0 Å². The lowest BCUT2D eigenvalue weighted by molar-refractivity contribution is -0.134. The van der Waals surface area contributed by atoms with Crippen molar-refractivity contribution in [1.82, 2.24) is 19.7 Å². The number of nitrogens with zero attached hydrogens (tertiary/aromatic N) is 4. The second kappa shape index (κ2) is 7.07. The summed E-state index contributed by atoms with van der Waals surface area (Å²) in [5.74, 6) is 2.26. The number of amides is 1. The lowest BCUT2D eigenvalue weighted by Gasteiger charge is -2.39. The molecule has 0 aromatic carbocycles. The first kappa shape index (κ1) is 16.6. The normalized spacial score (nSPS) is 24.7. The van der Waals surface area contributed by atoms with Crippen molar-refractivity contribution in [2.24, 2.45) is 0 Å². The molecule has 2 heterocycles. The van der Waals surface area contributed by atoms with Crippen LogP contribution in [0.15, 0.2) is 17.8 Å². The minimum atomic E-state index is 0.218. The van der Waals surface area contributed by atoms with E-state index in [-0.39, 0.29) is 5.91 Å². The number of piperidine rings is 1. The molecule has 1 aromatic heterocycles. The number of allylic oxidation sites excluding steroid dienone is 1. The first-order valence-corrected chi connectivity index (χ1v) is 9.58. The van der Waals surface area contributed by atoms with Gasteiger partial charge in [0.25, 0.3) is 0 Å². The Morgan fingerprint density at radius 2 is 1.96 bits per heavy atom. The van der Waals surface area contributed by atoms with Crippen LogP contribution in [0.4, 0.5) is 0 Å². The highest BCUT2D eigenvalue weighted by Gasteiger charge is 2.31. The zero-order chi connectivity index (χ0) is 16.4. The number of hydrogen-bond donors (Lipinski definition) is 0. The number of likely N-dealkylation sites (tertiary alicyclic amines) is 1. The summed E-state index contributed by atoms with van der Waals surface area (Å²) < 4.78 is 2.12. The first-order valence-electron chi connectivity index (χ1n) is 8.59. The average Bonchev–Trinajstić information content (AvgIpc) is 3.28. The number of rotatable bonds is 6. The molecule has 23 heavy (non-hydrogen) atoms. The predicted octanol–water partition coefficient (Wildman–Crippen LogP) is 3.22. The third-order valence-electron chi connectivity index (χ3n) is 4.81. The second-order valence-corrected chi connectivity index (χ2v) is 7.68. The van der Waals surface area contributed by atoms with Gasteiger partial charge in [0.15, 0.2) is 5.16 Å². The van der Waals surface area contributed by atoms with Gasteiger partial charge in [0.2, 0.25) is 5.91 Å². The average molecular weight is 334 g/mol. The molecule has 0 spiro atoms. The van der Waals surface area contributed by atoms with Crippen LogP contribution in [0.3, 0.4) is 0 Å². The standard InChI is InChI=1S/C17H26N4OS/c1-4-10-20-16(14-8-9-14)18-19-17(20)23-11-15(22)21-12(2)6-5-7-13(21)3/h4,12-14H,1,5-11H2,2-3H3. The molecule has 0 bridgehead atoms. The van der Waals surface area contributed by atoms with Crippen molar-refractivity contribution in [2.45, 2.75) is 75.7 Å². The largest absolute Gasteiger partial charge is 0.337 e. The molecule has 0 radical (unpaired) electrons. The number of thioether (sulfide) groups is 1. The predicted molar refractivity (Wildman–Crippen MR) is 92.5 cm³/mol. The monoisotopic (exact) mass is 334 g/mol. The number of carbonyl (C=O) groups excluding carboxylic acids is 1. The van der Waals surface area contributed by atoms with Gasteiger partial charge in [-0.3, -0.25) is 4.79 Å². The van der Waals surface area contributed by atoms with Crippen LogP contribution in [0.2, 0.25) is 0 Å². The van der Waals surface area contributed by atoms with E-state index in [1.165, 1.54) is 31.0 Å². The molecule has 1 saturated carbocycles. The summed E-state index contributed by atoms with van der Waals surface area (Å²) in [5, 5.41) is 9.49. The van der Waals surface area contributed by atoms with E-state index < -0.39 is 0 Å². The van der Waals surface area contributed by atoms with E-state index in [4.69, 9.17) is 0 Å². The molecule has 5 nitrogen and oxygen atoms in total. The lowest BCUT2D eigenvalue weighted by Crippen LogP contribution is -2.48. The quantitative estimate of drug-likeness (QED) is 0.592. The lowest BCUT2D eigenvalue weighted by atomic mass is 9.98. The highest BCUT2D eigenvalue weighted by atomic mass is 32.2. The van der Waals surface area contributed by atoms with Crippen LogP contribution in [0.5, 0.6) is 0 Å². The molecular formula is C17H26N4OS. The molecule has 2 aliphatic rings. The number of aromatic nitrogens is 3. The van der Waals surface area contributed by atoms with Crippen LogP contribution in [0.25, 0.3) is 0 Å². The molecule has 1 aromatic rings. The van der Waals surface area contributed by atoms with Crippen LogP contribution >= 0.6 is 11.8 Å². The zero-order valence-electron chi connectivity index (χ0n) is 14.1. The molecule has 2 unspecified atom stereocenters. The summed E-state index contributed by atoms with van der Waals surface area (Å²) in [4.78, 5) is 14.7. The molecular weight excluding hydrogens is 308 g/mol. The van der Waals surface area contributed by atoms with Crippen LogP contribution < -0.4 is 0 Å². The summed E-state index contributed by atoms with van der Waals surface area (Å²) in [6.45, 7) is 8.85. The maximum Gasteiger partial charge on any atom is 0.233 e. The van der Waals surface area contributed by atoms with Gasteiger partial charge in [0.05, 0.1) is 5.75 Å². The van der Waals surface area contributed by atoms with Crippen molar-refractivity contribution in [2.75, 3.05) is 5.75 Å². The van der Waals surface area contributed by atoms with Crippen LogP contribution in [-0.2, 0) is 11.3 Å². The SMILES string of the molecule is C=CCn1c(SCC(=O)N2C(C)CCCC2C)nnc1C1CC1. The van der Waals surface area contributed by atoms with E-state index in [0.29, 0.717) is 30.3 Å². The summed E-state index contributed by atoms with van der Waals surface area (Å²) >= 11 is 1.51. The molecule has 126 valence electrons. The molecule has 0 N–H and O–H groups in total.